The van der Waals surface area contributed by atoms with E-state index in [1.807, 2.05) is 12.1 Å². The van der Waals surface area contributed by atoms with Crippen molar-refractivity contribution in [1.82, 2.24) is 5.32 Å². The summed E-state index contributed by atoms with van der Waals surface area (Å²) in [4.78, 5) is 11.1. The Morgan fingerprint density at radius 3 is 3.14 bits per heavy atom. The van der Waals surface area contributed by atoms with E-state index < -0.39 is 0 Å². The predicted molar refractivity (Wildman–Crippen MR) is 52.7 cm³/mol. The molecule has 2 rings (SSSR count). The van der Waals surface area contributed by atoms with Gasteiger partial charge in [0.05, 0.1) is 13.5 Å². The highest BCUT2D eigenvalue weighted by Crippen LogP contribution is 2.27. The summed E-state index contributed by atoms with van der Waals surface area (Å²) in [5, 5.41) is 3.29. The maximum absolute atomic E-state index is 11.1. The first kappa shape index (κ1) is 9.21. The Balaban J connectivity index is 2.14. The molecule has 1 aliphatic rings. The summed E-state index contributed by atoms with van der Waals surface area (Å²) >= 11 is 0. The fourth-order valence-corrected chi connectivity index (χ4v) is 1.81. The summed E-state index contributed by atoms with van der Waals surface area (Å²) in [7, 11) is 1.42. The SMILES string of the molecule is COC(=O)CC1NCc2ccccc21. The van der Waals surface area contributed by atoms with Crippen molar-refractivity contribution in [1.29, 1.82) is 0 Å². The zero-order valence-electron chi connectivity index (χ0n) is 8.12. The average molecular weight is 191 g/mol. The topological polar surface area (TPSA) is 38.3 Å². The zero-order chi connectivity index (χ0) is 9.97. The first-order chi connectivity index (χ1) is 6.81. The lowest BCUT2D eigenvalue weighted by Crippen LogP contribution is -2.17. The van der Waals surface area contributed by atoms with Crippen LogP contribution in [0.15, 0.2) is 24.3 Å². The van der Waals surface area contributed by atoms with Crippen LogP contribution in [0.5, 0.6) is 0 Å². The summed E-state index contributed by atoms with van der Waals surface area (Å²) < 4.78 is 4.65. The fraction of sp³-hybridized carbons (Fsp3) is 0.364. The molecule has 74 valence electrons. The van der Waals surface area contributed by atoms with Crippen LogP contribution in [-0.4, -0.2) is 13.1 Å². The molecule has 14 heavy (non-hydrogen) atoms. The molecule has 0 bridgehead atoms. The Morgan fingerprint density at radius 1 is 1.57 bits per heavy atom. The van der Waals surface area contributed by atoms with Crippen molar-refractivity contribution < 1.29 is 9.53 Å². The summed E-state index contributed by atoms with van der Waals surface area (Å²) in [6, 6.07) is 8.28. The Bertz CT molecular complexity index is 349. The lowest BCUT2D eigenvalue weighted by Gasteiger charge is -2.09. The highest BCUT2D eigenvalue weighted by molar-refractivity contribution is 5.70. The number of ether oxygens (including phenoxy) is 1. The molecule has 0 amide bonds. The molecule has 1 N–H and O–H groups in total. The molecule has 3 heteroatoms. The smallest absolute Gasteiger partial charge is 0.307 e. The van der Waals surface area contributed by atoms with Crippen LogP contribution in [0.25, 0.3) is 0 Å². The van der Waals surface area contributed by atoms with Gasteiger partial charge in [-0.3, -0.25) is 4.79 Å². The molecule has 0 aliphatic carbocycles. The van der Waals surface area contributed by atoms with Gasteiger partial charge in [-0.05, 0) is 11.1 Å². The van der Waals surface area contributed by atoms with Crippen molar-refractivity contribution in [3.63, 3.8) is 0 Å². The average Bonchev–Trinajstić information content (AvgIpc) is 2.62. The molecule has 1 atom stereocenters. The molecule has 0 saturated carbocycles. The molecule has 0 saturated heterocycles. The summed E-state index contributed by atoms with van der Waals surface area (Å²) in [5.41, 5.74) is 2.50. The van der Waals surface area contributed by atoms with Gasteiger partial charge in [0.15, 0.2) is 0 Å². The minimum Gasteiger partial charge on any atom is -0.469 e. The molecule has 1 aromatic rings. The van der Waals surface area contributed by atoms with Gasteiger partial charge in [0.1, 0.15) is 0 Å². The maximum atomic E-state index is 11.1. The Hall–Kier alpha value is -1.35. The highest BCUT2D eigenvalue weighted by atomic mass is 16.5. The maximum Gasteiger partial charge on any atom is 0.307 e. The van der Waals surface area contributed by atoms with E-state index in [1.165, 1.54) is 18.2 Å². The van der Waals surface area contributed by atoms with E-state index in [0.29, 0.717) is 6.42 Å². The molecule has 3 nitrogen and oxygen atoms in total. The molecular formula is C11H13NO2. The van der Waals surface area contributed by atoms with E-state index in [4.69, 9.17) is 0 Å². The molecule has 0 spiro atoms. The number of benzene rings is 1. The quantitative estimate of drug-likeness (QED) is 0.718. The van der Waals surface area contributed by atoms with E-state index in [1.54, 1.807) is 0 Å². The number of esters is 1. The number of hydrogen-bond acceptors (Lipinski definition) is 3. The normalized spacial score (nSPS) is 19.1. The first-order valence-corrected chi connectivity index (χ1v) is 4.69. The van der Waals surface area contributed by atoms with Gasteiger partial charge in [0, 0.05) is 12.6 Å². The van der Waals surface area contributed by atoms with Crippen LogP contribution in [-0.2, 0) is 16.1 Å². The van der Waals surface area contributed by atoms with Gasteiger partial charge in [0.25, 0.3) is 0 Å². The van der Waals surface area contributed by atoms with E-state index in [2.05, 4.69) is 22.2 Å². The van der Waals surface area contributed by atoms with Crippen LogP contribution >= 0.6 is 0 Å². The second-order valence-corrected chi connectivity index (χ2v) is 3.41. The van der Waals surface area contributed by atoms with Gasteiger partial charge in [-0.2, -0.15) is 0 Å². The molecule has 1 aromatic carbocycles. The van der Waals surface area contributed by atoms with Crippen molar-refractivity contribution in [2.75, 3.05) is 7.11 Å². The van der Waals surface area contributed by atoms with Crippen LogP contribution < -0.4 is 5.32 Å². The summed E-state index contributed by atoms with van der Waals surface area (Å²) in [6.07, 6.45) is 0.410. The lowest BCUT2D eigenvalue weighted by atomic mass is 10.0. The number of carbonyl (C=O) groups excluding carboxylic acids is 1. The van der Waals surface area contributed by atoms with E-state index >= 15 is 0 Å². The van der Waals surface area contributed by atoms with Gasteiger partial charge in [-0.15, -0.1) is 0 Å². The number of rotatable bonds is 2. The molecule has 1 unspecified atom stereocenters. The van der Waals surface area contributed by atoms with Gasteiger partial charge in [-0.25, -0.2) is 0 Å². The number of nitrogens with one attached hydrogen (secondary N) is 1. The minimum absolute atomic E-state index is 0.124. The van der Waals surface area contributed by atoms with Crippen LogP contribution in [0, 0.1) is 0 Å². The first-order valence-electron chi connectivity index (χ1n) is 4.69. The standard InChI is InChI=1S/C11H13NO2/c1-14-11(13)6-10-9-5-3-2-4-8(9)7-12-10/h2-5,10,12H,6-7H2,1H3. The highest BCUT2D eigenvalue weighted by Gasteiger charge is 2.23. The third-order valence-electron chi connectivity index (χ3n) is 2.57. The largest absolute Gasteiger partial charge is 0.469 e. The van der Waals surface area contributed by atoms with Crippen molar-refractivity contribution in [3.05, 3.63) is 35.4 Å². The van der Waals surface area contributed by atoms with E-state index in [0.717, 1.165) is 6.54 Å². The third kappa shape index (κ3) is 1.63. The van der Waals surface area contributed by atoms with Crippen molar-refractivity contribution in [3.8, 4) is 0 Å². The number of methoxy groups -OCH3 is 1. The van der Waals surface area contributed by atoms with Gasteiger partial charge in [-0.1, -0.05) is 24.3 Å². The molecule has 0 radical (unpaired) electrons. The molecular weight excluding hydrogens is 178 g/mol. The van der Waals surface area contributed by atoms with E-state index in [9.17, 15) is 4.79 Å². The third-order valence-corrected chi connectivity index (χ3v) is 2.57. The zero-order valence-corrected chi connectivity index (χ0v) is 8.12. The van der Waals surface area contributed by atoms with Crippen LogP contribution in [0.1, 0.15) is 23.6 Å². The van der Waals surface area contributed by atoms with Crippen LogP contribution in [0.3, 0.4) is 0 Å². The number of hydrogen-bond donors (Lipinski definition) is 1. The minimum atomic E-state index is -0.167. The summed E-state index contributed by atoms with van der Waals surface area (Å²) in [5.74, 6) is -0.167. The molecule has 0 aromatic heterocycles. The van der Waals surface area contributed by atoms with Gasteiger partial charge in [0.2, 0.25) is 0 Å². The van der Waals surface area contributed by atoms with Crippen molar-refractivity contribution in [2.45, 2.75) is 19.0 Å². The Morgan fingerprint density at radius 2 is 2.36 bits per heavy atom. The monoisotopic (exact) mass is 191 g/mol. The Kier molecular flexibility index (Phi) is 2.50. The number of carbonyl (C=O) groups is 1. The number of fused-ring (bicyclic) bond motifs is 1. The Labute approximate surface area is 83.1 Å². The molecule has 1 heterocycles. The van der Waals surface area contributed by atoms with Gasteiger partial charge < -0.3 is 10.1 Å². The summed E-state index contributed by atoms with van der Waals surface area (Å²) in [6.45, 7) is 0.845. The van der Waals surface area contributed by atoms with Crippen molar-refractivity contribution in [2.24, 2.45) is 0 Å². The fourth-order valence-electron chi connectivity index (χ4n) is 1.81. The second kappa shape index (κ2) is 3.80. The van der Waals surface area contributed by atoms with Crippen molar-refractivity contribution >= 4 is 5.97 Å². The van der Waals surface area contributed by atoms with Crippen LogP contribution in [0.4, 0.5) is 0 Å². The predicted octanol–water partition coefficient (Wildman–Crippen LogP) is 1.39. The van der Waals surface area contributed by atoms with E-state index in [-0.39, 0.29) is 12.0 Å². The second-order valence-electron chi connectivity index (χ2n) is 3.41. The molecule has 1 aliphatic heterocycles. The van der Waals surface area contributed by atoms with Gasteiger partial charge >= 0.3 is 5.97 Å². The molecule has 0 fully saturated rings. The van der Waals surface area contributed by atoms with Crippen LogP contribution in [0.2, 0.25) is 0 Å². The lowest BCUT2D eigenvalue weighted by molar-refractivity contribution is -0.141.